The summed E-state index contributed by atoms with van der Waals surface area (Å²) in [5.74, 6) is 0.881. The Bertz CT molecular complexity index is 1250. The van der Waals surface area contributed by atoms with E-state index in [1.54, 1.807) is 0 Å². The Labute approximate surface area is 175 Å². The van der Waals surface area contributed by atoms with Crippen molar-refractivity contribution in [3.05, 3.63) is 95.1 Å². The van der Waals surface area contributed by atoms with Gasteiger partial charge in [-0.1, -0.05) is 71.4 Å². The van der Waals surface area contributed by atoms with Gasteiger partial charge in [-0.05, 0) is 48.6 Å². The number of hydrogen-bond acceptors (Lipinski definition) is 4. The second-order valence-electron chi connectivity index (χ2n) is 7.84. The first-order valence-electron chi connectivity index (χ1n) is 10.3. The van der Waals surface area contributed by atoms with Crippen LogP contribution in [0, 0.1) is 6.92 Å². The van der Waals surface area contributed by atoms with Crippen LogP contribution in [0.2, 0.25) is 0 Å². The number of fused-ring (bicyclic) bond motifs is 2. The molecule has 148 valence electrons. The van der Waals surface area contributed by atoms with Gasteiger partial charge in [0.15, 0.2) is 0 Å². The zero-order valence-corrected chi connectivity index (χ0v) is 16.8. The van der Waals surface area contributed by atoms with Crippen LogP contribution in [0.4, 0.5) is 5.82 Å². The molecule has 0 unspecified atom stereocenters. The number of aryl methyl sites for hydroxylation is 2. The molecule has 0 spiro atoms. The van der Waals surface area contributed by atoms with Gasteiger partial charge < -0.3 is 10.5 Å². The zero-order valence-electron chi connectivity index (χ0n) is 16.8. The van der Waals surface area contributed by atoms with Gasteiger partial charge >= 0.3 is 0 Å². The fraction of sp³-hybridized carbons (Fsp3) is 0.154. The summed E-state index contributed by atoms with van der Waals surface area (Å²) < 4.78 is 0. The average molecular weight is 393 g/mol. The highest BCUT2D eigenvalue weighted by atomic mass is 16.4. The maximum atomic E-state index is 9.07. The summed E-state index contributed by atoms with van der Waals surface area (Å²) >= 11 is 0. The number of benzene rings is 3. The smallest absolute Gasteiger partial charge is 0.135 e. The van der Waals surface area contributed by atoms with E-state index in [1.807, 2.05) is 18.2 Å². The Morgan fingerprint density at radius 1 is 1.03 bits per heavy atom. The van der Waals surface area contributed by atoms with Crippen LogP contribution in [0.1, 0.15) is 34.7 Å². The molecule has 1 heterocycles. The number of pyridine rings is 1. The predicted octanol–water partition coefficient (Wildman–Crippen LogP) is 6.12. The SMILES string of the molecule is Cc1ccc(-c2cc3c(/C=N/O)cccc3nc2N[C@@H]2CCc3ccccc32)cc1. The van der Waals surface area contributed by atoms with Crippen LogP contribution in [-0.2, 0) is 6.42 Å². The molecule has 2 N–H and O–H groups in total. The maximum Gasteiger partial charge on any atom is 0.135 e. The van der Waals surface area contributed by atoms with E-state index >= 15 is 0 Å². The van der Waals surface area contributed by atoms with Crippen molar-refractivity contribution in [2.45, 2.75) is 25.8 Å². The monoisotopic (exact) mass is 393 g/mol. The van der Waals surface area contributed by atoms with Gasteiger partial charge in [0.05, 0.1) is 17.8 Å². The molecular formula is C26H23N3O. The van der Waals surface area contributed by atoms with Gasteiger partial charge in [0.2, 0.25) is 0 Å². The van der Waals surface area contributed by atoms with Crippen molar-refractivity contribution >= 4 is 22.9 Å². The molecule has 3 aromatic carbocycles. The molecule has 4 nitrogen and oxygen atoms in total. The summed E-state index contributed by atoms with van der Waals surface area (Å²) in [6.45, 7) is 2.09. The van der Waals surface area contributed by atoms with Crippen LogP contribution < -0.4 is 5.32 Å². The highest BCUT2D eigenvalue weighted by molar-refractivity contribution is 6.01. The molecule has 0 bridgehead atoms. The van der Waals surface area contributed by atoms with Crippen molar-refractivity contribution in [3.8, 4) is 11.1 Å². The lowest BCUT2D eigenvalue weighted by atomic mass is 10.00. The molecule has 0 radical (unpaired) electrons. The Morgan fingerprint density at radius 3 is 2.70 bits per heavy atom. The second-order valence-corrected chi connectivity index (χ2v) is 7.84. The van der Waals surface area contributed by atoms with Crippen molar-refractivity contribution < 1.29 is 5.21 Å². The fourth-order valence-corrected chi connectivity index (χ4v) is 4.33. The van der Waals surface area contributed by atoms with E-state index in [4.69, 9.17) is 10.2 Å². The molecule has 1 atom stereocenters. The molecule has 1 aliphatic rings. The molecule has 30 heavy (non-hydrogen) atoms. The van der Waals surface area contributed by atoms with Crippen molar-refractivity contribution in [2.24, 2.45) is 5.16 Å². The number of rotatable bonds is 4. The van der Waals surface area contributed by atoms with Gasteiger partial charge in [-0.2, -0.15) is 0 Å². The molecule has 1 aromatic heterocycles. The average Bonchev–Trinajstić information content (AvgIpc) is 3.17. The summed E-state index contributed by atoms with van der Waals surface area (Å²) in [7, 11) is 0. The van der Waals surface area contributed by atoms with Gasteiger partial charge in [-0.15, -0.1) is 0 Å². The standard InChI is InChI=1S/C26H23N3O/c1-17-9-11-19(12-10-17)23-15-22-20(16-27-30)6-4-8-24(22)28-26(23)29-25-14-13-18-5-2-3-7-21(18)25/h2-12,15-16,25,30H,13-14H2,1H3,(H,28,29)/b27-16+/t25-/m1/s1. The number of hydrogen-bond donors (Lipinski definition) is 2. The third-order valence-electron chi connectivity index (χ3n) is 5.90. The molecular weight excluding hydrogens is 370 g/mol. The Balaban J connectivity index is 1.66. The Kier molecular flexibility index (Phi) is 4.68. The number of anilines is 1. The normalized spacial score (nSPS) is 15.6. The third-order valence-corrected chi connectivity index (χ3v) is 5.90. The molecule has 0 saturated heterocycles. The number of aromatic nitrogens is 1. The molecule has 4 heteroatoms. The van der Waals surface area contributed by atoms with E-state index < -0.39 is 0 Å². The summed E-state index contributed by atoms with van der Waals surface area (Å²) in [6.07, 6.45) is 3.60. The van der Waals surface area contributed by atoms with E-state index in [-0.39, 0.29) is 6.04 Å². The van der Waals surface area contributed by atoms with Crippen LogP contribution in [0.25, 0.3) is 22.0 Å². The molecule has 0 amide bonds. The maximum absolute atomic E-state index is 9.07. The van der Waals surface area contributed by atoms with E-state index in [0.717, 1.165) is 46.3 Å². The summed E-state index contributed by atoms with van der Waals surface area (Å²) in [4.78, 5) is 5.00. The van der Waals surface area contributed by atoms with Crippen molar-refractivity contribution in [1.29, 1.82) is 0 Å². The lowest BCUT2D eigenvalue weighted by molar-refractivity contribution is 0.322. The number of nitrogens with one attached hydrogen (secondary N) is 1. The largest absolute Gasteiger partial charge is 0.411 e. The predicted molar refractivity (Wildman–Crippen MR) is 122 cm³/mol. The van der Waals surface area contributed by atoms with E-state index in [9.17, 15) is 0 Å². The Hall–Kier alpha value is -3.66. The summed E-state index contributed by atoms with van der Waals surface area (Å²) in [6, 6.07) is 25.4. The van der Waals surface area contributed by atoms with Crippen molar-refractivity contribution in [3.63, 3.8) is 0 Å². The van der Waals surface area contributed by atoms with Gasteiger partial charge in [0.1, 0.15) is 5.82 Å². The van der Waals surface area contributed by atoms with Gasteiger partial charge in [-0.25, -0.2) is 4.98 Å². The van der Waals surface area contributed by atoms with Crippen molar-refractivity contribution in [1.82, 2.24) is 4.98 Å². The molecule has 0 aliphatic heterocycles. The van der Waals surface area contributed by atoms with E-state index in [0.29, 0.717) is 0 Å². The van der Waals surface area contributed by atoms with Gasteiger partial charge in [0.25, 0.3) is 0 Å². The molecule has 4 aromatic rings. The molecule has 1 aliphatic carbocycles. The highest BCUT2D eigenvalue weighted by Crippen LogP contribution is 2.37. The summed E-state index contributed by atoms with van der Waals surface area (Å²) in [5.41, 5.74) is 7.86. The van der Waals surface area contributed by atoms with Gasteiger partial charge in [-0.3, -0.25) is 0 Å². The van der Waals surface area contributed by atoms with Crippen molar-refractivity contribution in [2.75, 3.05) is 5.32 Å². The fourth-order valence-electron chi connectivity index (χ4n) is 4.33. The lowest BCUT2D eigenvalue weighted by Crippen LogP contribution is -2.10. The molecule has 0 saturated carbocycles. The topological polar surface area (TPSA) is 57.5 Å². The second kappa shape index (κ2) is 7.64. The van der Waals surface area contributed by atoms with Crippen LogP contribution in [-0.4, -0.2) is 16.4 Å². The van der Waals surface area contributed by atoms with Gasteiger partial charge in [0, 0.05) is 16.5 Å². The number of oxime groups is 1. The minimum absolute atomic E-state index is 0.248. The first-order valence-corrected chi connectivity index (χ1v) is 10.3. The minimum Gasteiger partial charge on any atom is -0.411 e. The third kappa shape index (κ3) is 3.30. The quantitative estimate of drug-likeness (QED) is 0.250. The number of nitrogens with zero attached hydrogens (tertiary/aromatic N) is 2. The first-order chi connectivity index (χ1) is 14.7. The lowest BCUT2D eigenvalue weighted by Gasteiger charge is -2.19. The van der Waals surface area contributed by atoms with Crippen LogP contribution in [0.15, 0.2) is 78.0 Å². The van der Waals surface area contributed by atoms with E-state index in [2.05, 4.69) is 72.0 Å². The van der Waals surface area contributed by atoms with Crippen LogP contribution >= 0.6 is 0 Å². The first kappa shape index (κ1) is 18.4. The highest BCUT2D eigenvalue weighted by Gasteiger charge is 2.23. The summed E-state index contributed by atoms with van der Waals surface area (Å²) in [5, 5.41) is 17.0. The van der Waals surface area contributed by atoms with E-state index in [1.165, 1.54) is 22.9 Å². The Morgan fingerprint density at radius 2 is 1.87 bits per heavy atom. The minimum atomic E-state index is 0.248. The molecule has 5 rings (SSSR count). The zero-order chi connectivity index (χ0) is 20.5. The molecule has 0 fully saturated rings. The van der Waals surface area contributed by atoms with Crippen LogP contribution in [0.5, 0.6) is 0 Å². The van der Waals surface area contributed by atoms with Crippen LogP contribution in [0.3, 0.4) is 0 Å².